The summed E-state index contributed by atoms with van der Waals surface area (Å²) in [6, 6.07) is 17.2. The minimum Gasteiger partial charge on any atom is -0.438 e. The van der Waals surface area contributed by atoms with Gasteiger partial charge < -0.3 is 19.6 Å². The van der Waals surface area contributed by atoms with E-state index in [4.69, 9.17) is 4.74 Å². The molecule has 1 aliphatic rings. The van der Waals surface area contributed by atoms with Gasteiger partial charge in [-0.2, -0.15) is 0 Å². The fourth-order valence-electron chi connectivity index (χ4n) is 4.76. The number of benzene rings is 2. The molecule has 192 valence electrons. The SMILES string of the molecule is C[C@@H](c1ccc(C#CC(C)(C)C(=O)N(C)C)cc1)N1CC[C@](CC(C)(C)O)(c2ccccc2)OC1=O. The van der Waals surface area contributed by atoms with Gasteiger partial charge >= 0.3 is 6.09 Å². The third-order valence-electron chi connectivity index (χ3n) is 6.61. The topological polar surface area (TPSA) is 70.1 Å². The summed E-state index contributed by atoms with van der Waals surface area (Å²) in [5.74, 6) is 6.13. The minimum atomic E-state index is -0.994. The molecule has 2 amide bonds. The first-order valence-corrected chi connectivity index (χ1v) is 12.4. The van der Waals surface area contributed by atoms with E-state index in [1.54, 1.807) is 37.7 Å². The molecule has 0 bridgehead atoms. The van der Waals surface area contributed by atoms with Crippen molar-refractivity contribution in [3.05, 3.63) is 71.3 Å². The number of rotatable bonds is 6. The number of ether oxygens (including phenoxy) is 1. The molecule has 6 heteroatoms. The molecule has 0 radical (unpaired) electrons. The average molecular weight is 491 g/mol. The van der Waals surface area contributed by atoms with Gasteiger partial charge in [-0.3, -0.25) is 4.79 Å². The highest BCUT2D eigenvalue weighted by atomic mass is 16.6. The molecule has 0 unspecified atom stereocenters. The highest BCUT2D eigenvalue weighted by Crippen LogP contribution is 2.42. The van der Waals surface area contributed by atoms with Gasteiger partial charge in [-0.15, -0.1) is 0 Å². The highest BCUT2D eigenvalue weighted by Gasteiger charge is 2.46. The van der Waals surface area contributed by atoms with Crippen LogP contribution in [0.5, 0.6) is 0 Å². The van der Waals surface area contributed by atoms with E-state index < -0.39 is 22.7 Å². The second-order valence-corrected chi connectivity index (χ2v) is 11.0. The van der Waals surface area contributed by atoms with Crippen molar-refractivity contribution in [2.45, 2.75) is 64.7 Å². The van der Waals surface area contributed by atoms with Crippen molar-refractivity contribution in [3.63, 3.8) is 0 Å². The Morgan fingerprint density at radius 2 is 1.72 bits per heavy atom. The molecule has 1 heterocycles. The Labute approximate surface area is 215 Å². The van der Waals surface area contributed by atoms with Gasteiger partial charge in [0, 0.05) is 39.0 Å². The molecule has 0 spiro atoms. The Balaban J connectivity index is 1.76. The van der Waals surface area contributed by atoms with Gasteiger partial charge in [-0.25, -0.2) is 4.79 Å². The Kier molecular flexibility index (Phi) is 7.85. The lowest BCUT2D eigenvalue weighted by atomic mass is 9.80. The summed E-state index contributed by atoms with van der Waals surface area (Å²) >= 11 is 0. The molecule has 1 saturated heterocycles. The van der Waals surface area contributed by atoms with Gasteiger partial charge in [-0.1, -0.05) is 54.3 Å². The van der Waals surface area contributed by atoms with Gasteiger partial charge in [-0.05, 0) is 57.9 Å². The summed E-state index contributed by atoms with van der Waals surface area (Å²) in [4.78, 5) is 28.8. The predicted octanol–water partition coefficient (Wildman–Crippen LogP) is 5.11. The van der Waals surface area contributed by atoms with E-state index in [0.717, 1.165) is 16.7 Å². The zero-order chi connectivity index (χ0) is 26.7. The van der Waals surface area contributed by atoms with Crippen LogP contribution in [0.1, 0.15) is 70.2 Å². The fraction of sp³-hybridized carbons (Fsp3) is 0.467. The number of carbonyl (C=O) groups is 2. The van der Waals surface area contributed by atoms with E-state index in [-0.39, 0.29) is 11.9 Å². The molecule has 0 aliphatic carbocycles. The Morgan fingerprint density at radius 3 is 2.25 bits per heavy atom. The van der Waals surface area contributed by atoms with E-state index in [9.17, 15) is 14.7 Å². The number of aliphatic hydroxyl groups is 1. The molecule has 3 rings (SSSR count). The fourth-order valence-corrected chi connectivity index (χ4v) is 4.76. The number of amides is 2. The van der Waals surface area contributed by atoms with Crippen molar-refractivity contribution in [2.24, 2.45) is 5.41 Å². The molecule has 6 nitrogen and oxygen atoms in total. The van der Waals surface area contributed by atoms with Gasteiger partial charge in [0.15, 0.2) is 0 Å². The zero-order valence-corrected chi connectivity index (χ0v) is 22.5. The lowest BCUT2D eigenvalue weighted by Crippen LogP contribution is -2.51. The van der Waals surface area contributed by atoms with Crippen LogP contribution < -0.4 is 0 Å². The summed E-state index contributed by atoms with van der Waals surface area (Å²) < 4.78 is 6.10. The molecule has 1 aliphatic heterocycles. The Bertz CT molecular complexity index is 1140. The number of cyclic esters (lactones) is 1. The van der Waals surface area contributed by atoms with E-state index in [2.05, 4.69) is 11.8 Å². The van der Waals surface area contributed by atoms with Gasteiger partial charge in [0.1, 0.15) is 11.0 Å². The van der Waals surface area contributed by atoms with Crippen molar-refractivity contribution in [1.29, 1.82) is 0 Å². The lowest BCUT2D eigenvalue weighted by Gasteiger charge is -2.45. The van der Waals surface area contributed by atoms with Crippen LogP contribution in [-0.4, -0.2) is 53.1 Å². The average Bonchev–Trinajstić information content (AvgIpc) is 2.82. The summed E-state index contributed by atoms with van der Waals surface area (Å²) in [6.07, 6.45) is 0.503. The summed E-state index contributed by atoms with van der Waals surface area (Å²) in [6.45, 7) is 9.59. The van der Waals surface area contributed by atoms with E-state index >= 15 is 0 Å². The zero-order valence-electron chi connectivity index (χ0n) is 22.5. The van der Waals surface area contributed by atoms with Crippen LogP contribution in [0.3, 0.4) is 0 Å². The Morgan fingerprint density at radius 1 is 1.11 bits per heavy atom. The third-order valence-corrected chi connectivity index (χ3v) is 6.61. The van der Waals surface area contributed by atoms with Crippen LogP contribution >= 0.6 is 0 Å². The molecular weight excluding hydrogens is 452 g/mol. The number of hydrogen-bond acceptors (Lipinski definition) is 4. The maximum absolute atomic E-state index is 13.2. The van der Waals surface area contributed by atoms with Crippen LogP contribution in [0.2, 0.25) is 0 Å². The van der Waals surface area contributed by atoms with Gasteiger partial charge in [0.05, 0.1) is 11.6 Å². The largest absolute Gasteiger partial charge is 0.438 e. The quantitative estimate of drug-likeness (QED) is 0.571. The molecule has 1 fully saturated rings. The van der Waals surface area contributed by atoms with E-state index in [1.165, 1.54) is 0 Å². The van der Waals surface area contributed by atoms with Crippen LogP contribution in [-0.2, 0) is 15.1 Å². The first kappa shape index (κ1) is 27.3. The molecule has 2 aromatic carbocycles. The number of nitrogens with zero attached hydrogens (tertiary/aromatic N) is 2. The maximum atomic E-state index is 13.2. The second kappa shape index (κ2) is 10.4. The van der Waals surface area contributed by atoms with Crippen molar-refractivity contribution >= 4 is 12.0 Å². The van der Waals surface area contributed by atoms with Crippen LogP contribution in [0, 0.1) is 17.3 Å². The maximum Gasteiger partial charge on any atom is 0.411 e. The monoisotopic (exact) mass is 490 g/mol. The van der Waals surface area contributed by atoms with Crippen molar-refractivity contribution in [3.8, 4) is 11.8 Å². The van der Waals surface area contributed by atoms with Crippen LogP contribution in [0.4, 0.5) is 4.79 Å². The molecule has 1 N–H and O–H groups in total. The van der Waals surface area contributed by atoms with Crippen molar-refractivity contribution < 1.29 is 19.4 Å². The molecule has 2 atom stereocenters. The van der Waals surface area contributed by atoms with Crippen LogP contribution in [0.15, 0.2) is 54.6 Å². The predicted molar refractivity (Wildman–Crippen MR) is 141 cm³/mol. The first-order valence-electron chi connectivity index (χ1n) is 12.4. The van der Waals surface area contributed by atoms with E-state index in [0.29, 0.717) is 19.4 Å². The molecule has 0 saturated carbocycles. The standard InChI is InChI=1S/C30H38N2O4/c1-22(24-15-13-23(14-16-24)17-18-28(2,3)26(33)31(6)7)32-20-19-30(36-27(32)34,21-29(4,5)35)25-11-9-8-10-12-25/h8-16,22,35H,19-21H2,1-7H3/t22-,30-/m0/s1. The molecule has 0 aromatic heterocycles. The number of hydrogen-bond donors (Lipinski definition) is 1. The first-order chi connectivity index (χ1) is 16.7. The second-order valence-electron chi connectivity index (χ2n) is 11.0. The smallest absolute Gasteiger partial charge is 0.411 e. The molecular formula is C30H38N2O4. The summed E-state index contributed by atoms with van der Waals surface area (Å²) in [5.41, 5.74) is 0.0269. The lowest BCUT2D eigenvalue weighted by molar-refractivity contribution is -0.134. The Hall–Kier alpha value is -3.30. The highest BCUT2D eigenvalue weighted by molar-refractivity contribution is 5.84. The van der Waals surface area contributed by atoms with E-state index in [1.807, 2.05) is 75.4 Å². The van der Waals surface area contributed by atoms with Crippen molar-refractivity contribution in [2.75, 3.05) is 20.6 Å². The molecule has 2 aromatic rings. The number of carbonyl (C=O) groups excluding carboxylic acids is 2. The van der Waals surface area contributed by atoms with Crippen molar-refractivity contribution in [1.82, 2.24) is 9.80 Å². The third kappa shape index (κ3) is 6.27. The van der Waals surface area contributed by atoms with Gasteiger partial charge in [0.2, 0.25) is 5.91 Å². The minimum absolute atomic E-state index is 0.0417. The van der Waals surface area contributed by atoms with Gasteiger partial charge in [0.25, 0.3) is 0 Å². The normalized spacial score (nSPS) is 19.1. The molecule has 36 heavy (non-hydrogen) atoms. The summed E-state index contributed by atoms with van der Waals surface area (Å²) in [7, 11) is 3.45. The van der Waals surface area contributed by atoms with Crippen LogP contribution in [0.25, 0.3) is 0 Å². The summed E-state index contributed by atoms with van der Waals surface area (Å²) in [5, 5.41) is 10.6.